The minimum absolute atomic E-state index is 0.106. The van der Waals surface area contributed by atoms with Gasteiger partial charge in [0, 0.05) is 25.7 Å². The van der Waals surface area contributed by atoms with Gasteiger partial charge in [-0.1, -0.05) is 330 Å². The smallest absolute Gasteiger partial charge is 0.462 e. The highest BCUT2D eigenvalue weighted by molar-refractivity contribution is 7.47. The molecule has 0 aliphatic rings. The number of rotatable bonds is 73. The molecule has 3 unspecified atom stereocenters. The zero-order valence-electron chi connectivity index (χ0n) is 59.7. The molecule has 0 amide bonds. The van der Waals surface area contributed by atoms with Gasteiger partial charge in [0.25, 0.3) is 0 Å². The molecule has 3 N–H and O–H groups in total. The predicted molar refractivity (Wildman–Crippen MR) is 372 cm³/mol. The van der Waals surface area contributed by atoms with Gasteiger partial charge < -0.3 is 33.8 Å². The van der Waals surface area contributed by atoms with Crippen LogP contribution in [0.1, 0.15) is 381 Å². The van der Waals surface area contributed by atoms with Crippen molar-refractivity contribution in [3.63, 3.8) is 0 Å². The Hall–Kier alpha value is -1.94. The summed E-state index contributed by atoms with van der Waals surface area (Å²) in [5.41, 5.74) is 0. The molecule has 0 bridgehead atoms. The molecule has 0 aliphatic carbocycles. The van der Waals surface area contributed by atoms with Crippen LogP contribution >= 0.6 is 15.6 Å². The predicted octanol–water partition coefficient (Wildman–Crippen LogP) is 21.3. The van der Waals surface area contributed by atoms with E-state index in [1.807, 2.05) is 0 Å². The lowest BCUT2D eigenvalue weighted by Gasteiger charge is -2.21. The van der Waals surface area contributed by atoms with Gasteiger partial charge in [0.2, 0.25) is 0 Å². The minimum atomic E-state index is -4.95. The quantitative estimate of drug-likeness (QED) is 0.0222. The van der Waals surface area contributed by atoms with Crippen molar-refractivity contribution in [3.8, 4) is 0 Å². The van der Waals surface area contributed by atoms with Crippen molar-refractivity contribution in [1.82, 2.24) is 0 Å². The summed E-state index contributed by atoms with van der Waals surface area (Å²) in [6.45, 7) is 7.21. The Morgan fingerprint density at radius 3 is 0.772 bits per heavy atom. The van der Waals surface area contributed by atoms with Crippen LogP contribution in [-0.4, -0.2) is 96.7 Å². The van der Waals surface area contributed by atoms with E-state index in [0.29, 0.717) is 25.7 Å². The van der Waals surface area contributed by atoms with E-state index < -0.39 is 97.5 Å². The van der Waals surface area contributed by atoms with Crippen molar-refractivity contribution >= 4 is 39.5 Å². The van der Waals surface area contributed by atoms with Crippen molar-refractivity contribution in [2.24, 2.45) is 5.92 Å². The largest absolute Gasteiger partial charge is 0.472 e. The first-order valence-electron chi connectivity index (χ1n) is 38.2. The summed E-state index contributed by atoms with van der Waals surface area (Å²) < 4.78 is 68.2. The van der Waals surface area contributed by atoms with Gasteiger partial charge in [-0.3, -0.25) is 37.3 Å². The second-order valence-corrected chi connectivity index (χ2v) is 29.5. The fraction of sp³-hybridized carbons (Fsp3) is 0.945. The molecule has 0 radical (unpaired) electrons. The molecule has 92 heavy (non-hydrogen) atoms. The van der Waals surface area contributed by atoms with Gasteiger partial charge in [0.05, 0.1) is 26.4 Å². The standard InChI is InChI=1S/C73H142O17P2/c1-6-10-13-16-18-20-22-24-26-27-28-30-32-34-39-43-48-53-58-73(78)90-69(63-84-71(76)57-52-47-42-38-33-31-29-25-23-21-19-17-14-11-7-2)65-88-92(81,82)86-61-67(74)60-85-91(79,80)87-64-68(62-83-70(75)56-51-45-15-12-8-3)89-72(77)59-54-49-44-40-36-35-37-41-46-50-55-66(5)9-4/h66-69,74H,6-65H2,1-5H3,(H,79,80)(H,81,82)/t66?,67-,68+,69+/m0/s1. The lowest BCUT2D eigenvalue weighted by Crippen LogP contribution is -2.30. The maximum absolute atomic E-state index is 13.0. The Morgan fingerprint density at radius 2 is 0.522 bits per heavy atom. The van der Waals surface area contributed by atoms with Crippen LogP contribution < -0.4 is 0 Å². The van der Waals surface area contributed by atoms with Crippen LogP contribution in [0, 0.1) is 5.92 Å². The maximum Gasteiger partial charge on any atom is 0.472 e. The SMILES string of the molecule is CCCCCCCCCCCCCCCCCCCCC(=O)O[C@H](COC(=O)CCCCCCCCCCCCCCCCC)COP(=O)(O)OC[C@@H](O)COP(=O)(O)OC[C@@H](COC(=O)CCCCCCC)OC(=O)CCCCCCCCCCCCC(C)CC. The molecule has 546 valence electrons. The number of carbonyl (C=O) groups is 4. The van der Waals surface area contributed by atoms with Crippen LogP contribution in [0.5, 0.6) is 0 Å². The summed E-state index contributed by atoms with van der Waals surface area (Å²) in [7, 11) is -9.90. The highest BCUT2D eigenvalue weighted by atomic mass is 31.2. The molecule has 0 aliphatic heterocycles. The van der Waals surface area contributed by atoms with Gasteiger partial charge in [-0.05, 0) is 31.6 Å². The first kappa shape index (κ1) is 90.1. The molecule has 19 heteroatoms. The van der Waals surface area contributed by atoms with Crippen LogP contribution in [0.25, 0.3) is 0 Å². The molecule has 6 atom stereocenters. The summed E-state index contributed by atoms with van der Waals surface area (Å²) in [5, 5.41) is 10.6. The first-order chi connectivity index (χ1) is 44.6. The normalized spacial score (nSPS) is 14.3. The third-order valence-corrected chi connectivity index (χ3v) is 19.3. The molecular formula is C73H142O17P2. The molecule has 0 aromatic rings. The number of phosphoric ester groups is 2. The van der Waals surface area contributed by atoms with E-state index in [1.54, 1.807) is 0 Å². The summed E-state index contributed by atoms with van der Waals surface area (Å²) in [5.74, 6) is -1.32. The Kier molecular flexibility index (Phi) is 64.9. The Morgan fingerprint density at radius 1 is 0.304 bits per heavy atom. The lowest BCUT2D eigenvalue weighted by atomic mass is 9.99. The zero-order valence-corrected chi connectivity index (χ0v) is 61.5. The average molecular weight is 1350 g/mol. The van der Waals surface area contributed by atoms with Crippen molar-refractivity contribution < 1.29 is 80.2 Å². The Bertz CT molecular complexity index is 1770. The van der Waals surface area contributed by atoms with Gasteiger partial charge in [-0.15, -0.1) is 0 Å². The monoisotopic (exact) mass is 1350 g/mol. The van der Waals surface area contributed by atoms with Gasteiger partial charge in [-0.25, -0.2) is 9.13 Å². The van der Waals surface area contributed by atoms with E-state index in [2.05, 4.69) is 34.6 Å². The van der Waals surface area contributed by atoms with Gasteiger partial charge in [0.1, 0.15) is 19.3 Å². The lowest BCUT2D eigenvalue weighted by molar-refractivity contribution is -0.161. The molecule has 0 saturated carbocycles. The van der Waals surface area contributed by atoms with E-state index in [0.717, 1.165) is 102 Å². The molecule has 0 rings (SSSR count). The molecule has 0 saturated heterocycles. The average Bonchev–Trinajstić information content (AvgIpc) is 2.50. The van der Waals surface area contributed by atoms with Crippen molar-refractivity contribution in [2.75, 3.05) is 39.6 Å². The van der Waals surface area contributed by atoms with Crippen LogP contribution in [-0.2, 0) is 65.4 Å². The second-order valence-electron chi connectivity index (χ2n) is 26.6. The van der Waals surface area contributed by atoms with Gasteiger partial charge >= 0.3 is 39.5 Å². The molecular weight excluding hydrogens is 1210 g/mol. The highest BCUT2D eigenvalue weighted by Crippen LogP contribution is 2.45. The highest BCUT2D eigenvalue weighted by Gasteiger charge is 2.30. The number of carbonyl (C=O) groups excluding carboxylic acids is 4. The number of aliphatic hydroxyl groups is 1. The number of hydrogen-bond acceptors (Lipinski definition) is 15. The van der Waals surface area contributed by atoms with Crippen LogP contribution in [0.15, 0.2) is 0 Å². The summed E-state index contributed by atoms with van der Waals surface area (Å²) in [6, 6.07) is 0. The summed E-state index contributed by atoms with van der Waals surface area (Å²) in [6.07, 6.45) is 54.4. The number of phosphoric acid groups is 2. The number of unbranched alkanes of at least 4 members (excludes halogenated alkanes) is 44. The van der Waals surface area contributed by atoms with Crippen LogP contribution in [0.3, 0.4) is 0 Å². The zero-order chi connectivity index (χ0) is 67.7. The third-order valence-electron chi connectivity index (χ3n) is 17.4. The minimum Gasteiger partial charge on any atom is -0.462 e. The first-order valence-corrected chi connectivity index (χ1v) is 41.2. The van der Waals surface area contributed by atoms with Crippen molar-refractivity contribution in [3.05, 3.63) is 0 Å². The van der Waals surface area contributed by atoms with Crippen molar-refractivity contribution in [1.29, 1.82) is 0 Å². The van der Waals surface area contributed by atoms with E-state index in [9.17, 15) is 43.2 Å². The second kappa shape index (κ2) is 66.3. The van der Waals surface area contributed by atoms with Crippen molar-refractivity contribution in [2.45, 2.75) is 400 Å². The molecule has 0 aromatic heterocycles. The van der Waals surface area contributed by atoms with Crippen LogP contribution in [0.4, 0.5) is 0 Å². The molecule has 0 aromatic carbocycles. The number of aliphatic hydroxyl groups excluding tert-OH is 1. The summed E-state index contributed by atoms with van der Waals surface area (Å²) in [4.78, 5) is 72.4. The number of ether oxygens (including phenoxy) is 4. The maximum atomic E-state index is 13.0. The fourth-order valence-electron chi connectivity index (χ4n) is 11.1. The number of esters is 4. The van der Waals surface area contributed by atoms with E-state index in [1.165, 1.54) is 199 Å². The number of hydrogen-bond donors (Lipinski definition) is 3. The molecule has 0 spiro atoms. The van der Waals surface area contributed by atoms with E-state index in [4.69, 9.17) is 37.0 Å². The van der Waals surface area contributed by atoms with E-state index in [-0.39, 0.29) is 25.7 Å². The Balaban J connectivity index is 5.15. The molecule has 0 heterocycles. The van der Waals surface area contributed by atoms with Crippen LogP contribution in [0.2, 0.25) is 0 Å². The molecule has 0 fully saturated rings. The van der Waals surface area contributed by atoms with E-state index >= 15 is 0 Å². The van der Waals surface area contributed by atoms with Gasteiger partial charge in [0.15, 0.2) is 12.2 Å². The van der Waals surface area contributed by atoms with Gasteiger partial charge in [-0.2, -0.15) is 0 Å². The summed E-state index contributed by atoms with van der Waals surface area (Å²) >= 11 is 0. The molecule has 17 nitrogen and oxygen atoms in total. The fourth-order valence-corrected chi connectivity index (χ4v) is 12.7. The topological polar surface area (TPSA) is 237 Å². The third kappa shape index (κ3) is 65.4. The Labute approximate surface area is 562 Å².